The molecule has 4 rings (SSSR count). The van der Waals surface area contributed by atoms with Crippen LogP contribution in [0, 0.1) is 0 Å². The Hall–Kier alpha value is -2.83. The van der Waals surface area contributed by atoms with Crippen LogP contribution in [-0.4, -0.2) is 63.3 Å². The van der Waals surface area contributed by atoms with Crippen molar-refractivity contribution in [1.29, 1.82) is 0 Å². The molecule has 0 aliphatic carbocycles. The maximum Gasteiger partial charge on any atom is 0.328 e. The number of carbonyl (C=O) groups excluding carboxylic acids is 2. The SMILES string of the molecule is CCCCN1C(=O)C2C(N=C3N(C(C)c4ccccc4)C(C)=C(C)N32)N(C)C1=O. The monoisotopic (exact) mass is 395 g/mol. The van der Waals surface area contributed by atoms with E-state index in [1.807, 2.05) is 30.0 Å². The maximum atomic E-state index is 13.3. The predicted octanol–water partition coefficient (Wildman–Crippen LogP) is 3.38. The van der Waals surface area contributed by atoms with E-state index in [2.05, 4.69) is 37.8 Å². The number of benzene rings is 1. The van der Waals surface area contributed by atoms with Crippen molar-refractivity contribution in [2.75, 3.05) is 13.6 Å². The van der Waals surface area contributed by atoms with Gasteiger partial charge in [0.2, 0.25) is 5.96 Å². The molecule has 7 heteroatoms. The van der Waals surface area contributed by atoms with Crippen LogP contribution in [0.2, 0.25) is 0 Å². The van der Waals surface area contributed by atoms with Gasteiger partial charge in [-0.3, -0.25) is 14.6 Å². The van der Waals surface area contributed by atoms with Gasteiger partial charge < -0.3 is 9.80 Å². The van der Waals surface area contributed by atoms with E-state index in [1.165, 1.54) is 10.5 Å². The highest BCUT2D eigenvalue weighted by molar-refractivity contribution is 6.05. The fourth-order valence-electron chi connectivity index (χ4n) is 4.50. The third-order valence-corrected chi connectivity index (χ3v) is 6.34. The van der Waals surface area contributed by atoms with E-state index in [4.69, 9.17) is 4.99 Å². The number of carbonyl (C=O) groups is 2. The summed E-state index contributed by atoms with van der Waals surface area (Å²) in [5.41, 5.74) is 3.29. The number of guanidine groups is 1. The number of hydrogen-bond donors (Lipinski definition) is 0. The van der Waals surface area contributed by atoms with Crippen molar-refractivity contribution in [1.82, 2.24) is 19.6 Å². The molecule has 1 fully saturated rings. The largest absolute Gasteiger partial charge is 0.328 e. The lowest BCUT2D eigenvalue weighted by Gasteiger charge is -2.40. The summed E-state index contributed by atoms with van der Waals surface area (Å²) in [6.45, 7) is 8.76. The van der Waals surface area contributed by atoms with Crippen LogP contribution >= 0.6 is 0 Å². The number of urea groups is 1. The molecule has 0 radical (unpaired) electrons. The van der Waals surface area contributed by atoms with Gasteiger partial charge in [0.15, 0.2) is 12.2 Å². The van der Waals surface area contributed by atoms with Crippen LogP contribution in [0.5, 0.6) is 0 Å². The Labute approximate surface area is 172 Å². The molecule has 1 aromatic rings. The van der Waals surface area contributed by atoms with Crippen LogP contribution in [0.3, 0.4) is 0 Å². The van der Waals surface area contributed by atoms with Gasteiger partial charge in [0.25, 0.3) is 5.91 Å². The molecule has 3 aliphatic rings. The van der Waals surface area contributed by atoms with Crippen molar-refractivity contribution >= 4 is 17.9 Å². The summed E-state index contributed by atoms with van der Waals surface area (Å²) in [6, 6.07) is 9.60. The zero-order valence-corrected chi connectivity index (χ0v) is 17.8. The topological polar surface area (TPSA) is 59.5 Å². The third-order valence-electron chi connectivity index (χ3n) is 6.34. The fraction of sp³-hybridized carbons (Fsp3) is 0.500. The van der Waals surface area contributed by atoms with Crippen molar-refractivity contribution in [3.05, 3.63) is 47.3 Å². The summed E-state index contributed by atoms with van der Waals surface area (Å²) in [7, 11) is 1.74. The minimum atomic E-state index is -0.493. The highest BCUT2D eigenvalue weighted by atomic mass is 16.2. The van der Waals surface area contributed by atoms with Gasteiger partial charge in [-0.25, -0.2) is 9.79 Å². The van der Waals surface area contributed by atoms with E-state index in [1.54, 1.807) is 11.9 Å². The lowest BCUT2D eigenvalue weighted by atomic mass is 10.1. The standard InChI is InChI=1S/C22H29N5O2/c1-6-7-13-25-20(28)18-19(24(5)22(25)29)23-21-26(14(2)15(3)27(18)21)16(4)17-11-9-8-10-12-17/h8-12,16,18-19H,6-7,13H2,1-5H3. The molecule has 3 heterocycles. The van der Waals surface area contributed by atoms with Gasteiger partial charge in [0, 0.05) is 25.0 Å². The molecule has 3 amide bonds. The van der Waals surface area contributed by atoms with E-state index >= 15 is 0 Å². The normalized spacial score (nSPS) is 24.9. The molecule has 0 aromatic heterocycles. The number of hydrogen-bond acceptors (Lipinski definition) is 5. The van der Waals surface area contributed by atoms with Crippen LogP contribution in [0.4, 0.5) is 4.79 Å². The van der Waals surface area contributed by atoms with Crippen molar-refractivity contribution in [2.45, 2.75) is 58.8 Å². The van der Waals surface area contributed by atoms with Crippen LogP contribution in [0.1, 0.15) is 52.1 Å². The van der Waals surface area contributed by atoms with Crippen LogP contribution in [0.25, 0.3) is 0 Å². The predicted molar refractivity (Wildman–Crippen MR) is 112 cm³/mol. The molecule has 1 saturated heterocycles. The molecular formula is C22H29N5O2. The Morgan fingerprint density at radius 1 is 1.10 bits per heavy atom. The Balaban J connectivity index is 1.71. The minimum Gasteiger partial charge on any atom is -0.307 e. The number of likely N-dealkylation sites (N-methyl/N-ethyl adjacent to an activating group) is 1. The van der Waals surface area contributed by atoms with Crippen molar-refractivity contribution in [3.63, 3.8) is 0 Å². The number of amides is 3. The number of allylic oxidation sites excluding steroid dienone is 2. The van der Waals surface area contributed by atoms with Crippen LogP contribution in [0.15, 0.2) is 46.7 Å². The van der Waals surface area contributed by atoms with Crippen LogP contribution < -0.4 is 0 Å². The fourth-order valence-corrected chi connectivity index (χ4v) is 4.50. The average Bonchev–Trinajstić information content (AvgIpc) is 3.22. The number of imide groups is 1. The first kappa shape index (κ1) is 19.5. The molecule has 3 atom stereocenters. The molecule has 0 N–H and O–H groups in total. The van der Waals surface area contributed by atoms with Gasteiger partial charge in [-0.2, -0.15) is 0 Å². The maximum absolute atomic E-state index is 13.3. The third kappa shape index (κ3) is 2.82. The second-order valence-corrected chi connectivity index (χ2v) is 8.02. The van der Waals surface area contributed by atoms with Crippen molar-refractivity contribution < 1.29 is 9.59 Å². The number of nitrogens with zero attached hydrogens (tertiary/aromatic N) is 5. The van der Waals surface area contributed by atoms with E-state index in [-0.39, 0.29) is 18.0 Å². The van der Waals surface area contributed by atoms with Crippen molar-refractivity contribution in [2.24, 2.45) is 4.99 Å². The highest BCUT2D eigenvalue weighted by Gasteiger charge is 2.56. The summed E-state index contributed by atoms with van der Waals surface area (Å²) < 4.78 is 0. The van der Waals surface area contributed by atoms with E-state index in [0.717, 1.165) is 30.2 Å². The zero-order valence-electron chi connectivity index (χ0n) is 17.8. The molecule has 3 aliphatic heterocycles. The molecule has 7 nitrogen and oxygen atoms in total. The van der Waals surface area contributed by atoms with E-state index in [9.17, 15) is 9.59 Å². The van der Waals surface area contributed by atoms with Gasteiger partial charge in [-0.15, -0.1) is 0 Å². The smallest absolute Gasteiger partial charge is 0.307 e. The molecule has 0 spiro atoms. The van der Waals surface area contributed by atoms with Gasteiger partial charge >= 0.3 is 6.03 Å². The quantitative estimate of drug-likeness (QED) is 0.767. The molecule has 0 bridgehead atoms. The molecule has 0 saturated carbocycles. The molecule has 3 unspecified atom stereocenters. The van der Waals surface area contributed by atoms with Gasteiger partial charge in [0.1, 0.15) is 0 Å². The van der Waals surface area contributed by atoms with Gasteiger partial charge in [0.05, 0.1) is 6.04 Å². The Morgan fingerprint density at radius 3 is 2.45 bits per heavy atom. The van der Waals surface area contributed by atoms with Crippen LogP contribution in [-0.2, 0) is 4.79 Å². The highest BCUT2D eigenvalue weighted by Crippen LogP contribution is 2.41. The summed E-state index contributed by atoms with van der Waals surface area (Å²) >= 11 is 0. The lowest BCUT2D eigenvalue weighted by Crippen LogP contribution is -2.64. The molecule has 154 valence electrons. The van der Waals surface area contributed by atoms with E-state index < -0.39 is 12.2 Å². The minimum absolute atomic E-state index is 0.0716. The molecule has 29 heavy (non-hydrogen) atoms. The molecular weight excluding hydrogens is 366 g/mol. The average molecular weight is 396 g/mol. The van der Waals surface area contributed by atoms with Gasteiger partial charge in [-0.1, -0.05) is 43.7 Å². The Morgan fingerprint density at radius 2 is 1.79 bits per heavy atom. The second kappa shape index (κ2) is 7.21. The lowest BCUT2D eigenvalue weighted by molar-refractivity contribution is -0.136. The number of rotatable bonds is 5. The number of aliphatic imine (C=N–C) groups is 1. The summed E-state index contributed by atoms with van der Waals surface area (Å²) in [5.74, 6) is 0.614. The summed E-state index contributed by atoms with van der Waals surface area (Å²) in [4.78, 5) is 38.2. The Kier molecular flexibility index (Phi) is 4.84. The molecule has 1 aromatic carbocycles. The number of fused-ring (bicyclic) bond motifs is 3. The first-order valence-corrected chi connectivity index (χ1v) is 10.3. The Bertz CT molecular complexity index is 894. The summed E-state index contributed by atoms with van der Waals surface area (Å²) in [6.07, 6.45) is 1.25. The van der Waals surface area contributed by atoms with Crippen molar-refractivity contribution in [3.8, 4) is 0 Å². The zero-order chi connectivity index (χ0) is 20.9. The number of unbranched alkanes of at least 4 members (excludes halogenated alkanes) is 1. The van der Waals surface area contributed by atoms with Gasteiger partial charge in [-0.05, 0) is 32.8 Å². The second-order valence-electron chi connectivity index (χ2n) is 8.02. The van der Waals surface area contributed by atoms with E-state index in [0.29, 0.717) is 6.54 Å². The first-order valence-electron chi connectivity index (χ1n) is 10.3. The first-order chi connectivity index (χ1) is 13.9. The summed E-state index contributed by atoms with van der Waals surface area (Å²) in [5, 5.41) is 0.